The lowest BCUT2D eigenvalue weighted by Crippen LogP contribution is -2.44. The third kappa shape index (κ3) is 1.78. The average molecular weight is 361 g/mol. The van der Waals surface area contributed by atoms with Crippen LogP contribution in [-0.4, -0.2) is 16.3 Å². The molecule has 6 heteroatoms. The summed E-state index contributed by atoms with van der Waals surface area (Å²) in [6.07, 6.45) is 4.83. The molecule has 1 unspecified atom stereocenters. The van der Waals surface area contributed by atoms with Crippen LogP contribution in [0.5, 0.6) is 0 Å². The number of nitrogens with zero attached hydrogens (tertiary/aromatic N) is 4. The summed E-state index contributed by atoms with van der Waals surface area (Å²) in [7, 11) is 0. The maximum absolute atomic E-state index is 13.5. The molecule has 7 rings (SSSR count). The van der Waals surface area contributed by atoms with E-state index < -0.39 is 0 Å². The molecule has 0 bridgehead atoms. The van der Waals surface area contributed by atoms with Crippen molar-refractivity contribution in [3.63, 3.8) is 0 Å². The average Bonchev–Trinajstić information content (AvgIpc) is 3.60. The van der Waals surface area contributed by atoms with Crippen LogP contribution in [0.25, 0.3) is 10.9 Å². The van der Waals surface area contributed by atoms with Crippen molar-refractivity contribution in [2.75, 3.05) is 11.4 Å². The number of fused-ring (bicyclic) bond motifs is 4. The summed E-state index contributed by atoms with van der Waals surface area (Å²) in [5.41, 5.74) is 3.59. The van der Waals surface area contributed by atoms with Crippen molar-refractivity contribution in [3.8, 4) is 0 Å². The minimum atomic E-state index is 0.117. The van der Waals surface area contributed by atoms with E-state index in [0.29, 0.717) is 18.4 Å². The second kappa shape index (κ2) is 4.61. The quantitative estimate of drug-likeness (QED) is 0.658. The molecule has 0 N–H and O–H groups in total. The minimum absolute atomic E-state index is 0.117. The molecule has 0 amide bonds. The lowest BCUT2D eigenvalue weighted by atomic mass is 10.1. The molecule has 1 aromatic carbocycles. The first kappa shape index (κ1) is 14.4. The molecule has 2 fully saturated rings. The van der Waals surface area contributed by atoms with Gasteiger partial charge in [0.2, 0.25) is 5.82 Å². The monoisotopic (exact) mass is 361 g/mol. The van der Waals surface area contributed by atoms with Crippen LogP contribution in [0.4, 0.5) is 11.8 Å². The van der Waals surface area contributed by atoms with E-state index >= 15 is 0 Å². The third-order valence-electron chi connectivity index (χ3n) is 6.71. The van der Waals surface area contributed by atoms with E-state index in [1.165, 1.54) is 31.2 Å². The molecule has 1 atom stereocenters. The number of hydrogen-bond donors (Lipinski definition) is 0. The zero-order valence-electron chi connectivity index (χ0n) is 15.3. The number of hydrogen-bond acceptors (Lipinski definition) is 4. The highest BCUT2D eigenvalue weighted by Gasteiger charge is 2.47. The van der Waals surface area contributed by atoms with Gasteiger partial charge in [-0.15, -0.1) is 0 Å². The van der Waals surface area contributed by atoms with Crippen LogP contribution in [0, 0.1) is 0 Å². The van der Waals surface area contributed by atoms with Crippen molar-refractivity contribution in [2.45, 2.75) is 57.0 Å². The largest absolute Gasteiger partial charge is 0.370 e. The summed E-state index contributed by atoms with van der Waals surface area (Å²) < 4.78 is 10.0. The van der Waals surface area contributed by atoms with E-state index in [-0.39, 0.29) is 11.6 Å². The first-order chi connectivity index (χ1) is 13.2. The van der Waals surface area contributed by atoms with Gasteiger partial charge in [0.1, 0.15) is 30.4 Å². The number of rotatable bonds is 2. The van der Waals surface area contributed by atoms with E-state index in [1.54, 1.807) is 0 Å². The molecule has 2 aliphatic carbocycles. The van der Waals surface area contributed by atoms with Gasteiger partial charge in [0, 0.05) is 5.92 Å². The van der Waals surface area contributed by atoms with Gasteiger partial charge in [0.25, 0.3) is 0 Å². The van der Waals surface area contributed by atoms with Crippen LogP contribution >= 0.6 is 0 Å². The number of aromatic nitrogens is 3. The molecule has 2 aromatic heterocycles. The van der Waals surface area contributed by atoms with Gasteiger partial charge in [0.15, 0.2) is 0 Å². The fourth-order valence-electron chi connectivity index (χ4n) is 5.04. The predicted octanol–water partition coefficient (Wildman–Crippen LogP) is 3.11. The zero-order chi connectivity index (χ0) is 17.9. The molecule has 0 radical (unpaired) electrons. The van der Waals surface area contributed by atoms with Gasteiger partial charge in [-0.2, -0.15) is 4.57 Å². The smallest absolute Gasteiger partial charge is 0.357 e. The van der Waals surface area contributed by atoms with E-state index in [2.05, 4.69) is 39.7 Å². The molecule has 2 aliphatic heterocycles. The standard InChI is InChI=1S/C21H21N4O2/c1-11-9-23-19-16(18(27-22-19)13-4-5-13)10-24-20(26)15-8-14(12-2-3-12)6-7-17(15)25(11)21(23)24/h6-8,11-13H,2-5,9-10H2,1H3/q+1. The Kier molecular flexibility index (Phi) is 2.46. The van der Waals surface area contributed by atoms with Crippen molar-refractivity contribution in [3.05, 3.63) is 45.4 Å². The number of benzene rings is 1. The molecule has 0 saturated heterocycles. The van der Waals surface area contributed by atoms with Crippen LogP contribution < -0.4 is 15.0 Å². The molecular formula is C21H21N4O2+. The molecule has 136 valence electrons. The van der Waals surface area contributed by atoms with Crippen LogP contribution in [0.2, 0.25) is 0 Å². The summed E-state index contributed by atoms with van der Waals surface area (Å²) in [5.74, 6) is 4.02. The molecule has 2 saturated carbocycles. The summed E-state index contributed by atoms with van der Waals surface area (Å²) in [5, 5.41) is 5.27. The summed E-state index contributed by atoms with van der Waals surface area (Å²) >= 11 is 0. The Bertz CT molecular complexity index is 1200. The highest BCUT2D eigenvalue weighted by molar-refractivity contribution is 5.78. The first-order valence-electron chi connectivity index (χ1n) is 10.1. The Hall–Kier alpha value is -2.63. The van der Waals surface area contributed by atoms with Crippen LogP contribution in [0.15, 0.2) is 27.5 Å². The highest BCUT2D eigenvalue weighted by Crippen LogP contribution is 2.47. The maximum Gasteiger partial charge on any atom is 0.370 e. The van der Waals surface area contributed by atoms with Gasteiger partial charge >= 0.3 is 11.5 Å². The van der Waals surface area contributed by atoms with Crippen LogP contribution in [-0.2, 0) is 6.54 Å². The van der Waals surface area contributed by atoms with Gasteiger partial charge in [0.05, 0.1) is 10.9 Å². The Balaban J connectivity index is 1.53. The SMILES string of the molecule is CC1CN2c3noc(C4CC4)c3Cn3c2[n+]1c1ccc(C2CC2)cc1c3=O. The van der Waals surface area contributed by atoms with Crippen LogP contribution in [0.1, 0.15) is 67.4 Å². The molecule has 4 aliphatic rings. The van der Waals surface area contributed by atoms with Crippen molar-refractivity contribution < 1.29 is 9.09 Å². The van der Waals surface area contributed by atoms with Crippen molar-refractivity contribution in [2.24, 2.45) is 0 Å². The third-order valence-corrected chi connectivity index (χ3v) is 6.71. The van der Waals surface area contributed by atoms with E-state index in [1.807, 2.05) is 4.57 Å². The molecule has 0 spiro atoms. The van der Waals surface area contributed by atoms with Crippen molar-refractivity contribution >= 4 is 22.7 Å². The maximum atomic E-state index is 13.5. The fraction of sp³-hybridized carbons (Fsp3) is 0.476. The zero-order valence-corrected chi connectivity index (χ0v) is 15.3. The van der Waals surface area contributed by atoms with Gasteiger partial charge in [-0.25, -0.2) is 9.47 Å². The van der Waals surface area contributed by atoms with Crippen molar-refractivity contribution in [1.29, 1.82) is 0 Å². The van der Waals surface area contributed by atoms with Gasteiger partial charge < -0.3 is 4.52 Å². The Morgan fingerprint density at radius 2 is 2.00 bits per heavy atom. The lowest BCUT2D eigenvalue weighted by molar-refractivity contribution is -0.671. The normalized spacial score (nSPS) is 23.0. The highest BCUT2D eigenvalue weighted by atomic mass is 16.5. The van der Waals surface area contributed by atoms with Gasteiger partial charge in [-0.1, -0.05) is 6.07 Å². The summed E-state index contributed by atoms with van der Waals surface area (Å²) in [6, 6.07) is 6.80. The van der Waals surface area contributed by atoms with Gasteiger partial charge in [-0.3, -0.25) is 4.79 Å². The summed E-state index contributed by atoms with van der Waals surface area (Å²) in [4.78, 5) is 15.7. The van der Waals surface area contributed by atoms with Crippen molar-refractivity contribution in [1.82, 2.24) is 9.72 Å². The first-order valence-corrected chi connectivity index (χ1v) is 10.1. The minimum Gasteiger partial charge on any atom is -0.357 e. The van der Waals surface area contributed by atoms with Gasteiger partial charge in [-0.05, 0) is 61.4 Å². The Labute approximate surface area is 156 Å². The lowest BCUT2D eigenvalue weighted by Gasteiger charge is -2.19. The predicted molar refractivity (Wildman–Crippen MR) is 99.7 cm³/mol. The topological polar surface area (TPSA) is 55.2 Å². The summed E-state index contributed by atoms with van der Waals surface area (Å²) in [6.45, 7) is 3.62. The van der Waals surface area contributed by atoms with Crippen LogP contribution in [0.3, 0.4) is 0 Å². The molecular weight excluding hydrogens is 340 g/mol. The van der Waals surface area contributed by atoms with E-state index in [4.69, 9.17) is 4.52 Å². The second-order valence-corrected chi connectivity index (χ2v) is 8.70. The molecule has 3 aromatic rings. The molecule has 4 heterocycles. The van der Waals surface area contributed by atoms with E-state index in [0.717, 1.165) is 40.5 Å². The Morgan fingerprint density at radius 1 is 1.19 bits per heavy atom. The molecule has 6 nitrogen and oxygen atoms in total. The Morgan fingerprint density at radius 3 is 2.78 bits per heavy atom. The fourth-order valence-corrected chi connectivity index (χ4v) is 5.04. The second-order valence-electron chi connectivity index (χ2n) is 8.70. The molecule has 27 heavy (non-hydrogen) atoms. The number of anilines is 2. The van der Waals surface area contributed by atoms with E-state index in [9.17, 15) is 4.79 Å².